The third-order valence-electron chi connectivity index (χ3n) is 12.4. The number of ether oxygens (including phenoxy) is 3. The van der Waals surface area contributed by atoms with Crippen molar-refractivity contribution < 1.29 is 28.6 Å². The monoisotopic (exact) mass is 1020 g/mol. The molecule has 0 heterocycles. The molecule has 0 aromatic heterocycles. The van der Waals surface area contributed by atoms with Gasteiger partial charge in [0, 0.05) is 19.3 Å². The zero-order chi connectivity index (χ0) is 53.6. The van der Waals surface area contributed by atoms with Crippen LogP contribution in [0.3, 0.4) is 0 Å². The summed E-state index contributed by atoms with van der Waals surface area (Å²) in [7, 11) is 0. The lowest BCUT2D eigenvalue weighted by atomic mass is 10.1. The summed E-state index contributed by atoms with van der Waals surface area (Å²) in [6.45, 7) is 6.41. The van der Waals surface area contributed by atoms with E-state index in [1.165, 1.54) is 96.3 Å². The van der Waals surface area contributed by atoms with Crippen LogP contribution in [0.1, 0.15) is 258 Å². The van der Waals surface area contributed by atoms with E-state index in [1.807, 2.05) is 0 Å². The van der Waals surface area contributed by atoms with Gasteiger partial charge in [0.1, 0.15) is 13.2 Å². The molecule has 0 aliphatic heterocycles. The summed E-state index contributed by atoms with van der Waals surface area (Å²) >= 11 is 0. The van der Waals surface area contributed by atoms with E-state index in [0.717, 1.165) is 116 Å². The standard InChI is InChI=1S/C68H110O6/c1-4-7-10-13-16-18-20-22-24-26-27-28-29-30-31-32-33-34-35-36-37-38-39-40-41-43-44-46-48-50-52-55-58-61-67(70)73-64-65(63-72-66(69)60-57-54-15-12-9-6-3)74-68(71)62-59-56-53-51-49-47-45-42-25-23-21-19-17-14-11-8-5-2/h7,10,16,18,22-25,27-28,30-31,33-34,36-37,39-40,43-44,48,50,65H,4-6,8-9,11-15,17,19-21,26,29,32,35,38,41-42,45-47,49,51-64H2,1-3H3/b10-7-,18-16-,24-22-,25-23-,28-27-,31-30-,34-33-,37-36-,40-39-,44-43-,50-48-. The maximum Gasteiger partial charge on any atom is 0.306 e. The molecule has 0 radical (unpaired) electrons. The lowest BCUT2D eigenvalue weighted by Gasteiger charge is -2.18. The second kappa shape index (κ2) is 61.1. The fourth-order valence-corrected chi connectivity index (χ4v) is 7.88. The number of rotatable bonds is 53. The highest BCUT2D eigenvalue weighted by Crippen LogP contribution is 2.14. The number of hydrogen-bond donors (Lipinski definition) is 0. The number of hydrogen-bond acceptors (Lipinski definition) is 6. The summed E-state index contributed by atoms with van der Waals surface area (Å²) in [6.07, 6.45) is 86.3. The molecule has 0 rings (SSSR count). The summed E-state index contributed by atoms with van der Waals surface area (Å²) in [5.74, 6) is -0.959. The second-order valence-electron chi connectivity index (χ2n) is 19.5. The average molecular weight is 1020 g/mol. The maximum absolute atomic E-state index is 12.8. The van der Waals surface area contributed by atoms with Crippen molar-refractivity contribution in [3.8, 4) is 0 Å². The van der Waals surface area contributed by atoms with Gasteiger partial charge >= 0.3 is 17.9 Å². The molecule has 0 aromatic rings. The fraction of sp³-hybridized carbons (Fsp3) is 0.632. The Kier molecular flexibility index (Phi) is 57.4. The molecule has 0 amide bonds. The summed E-state index contributed by atoms with van der Waals surface area (Å²) in [5.41, 5.74) is 0. The molecule has 0 saturated carbocycles. The second-order valence-corrected chi connectivity index (χ2v) is 19.5. The van der Waals surface area contributed by atoms with E-state index in [-0.39, 0.29) is 31.1 Å². The van der Waals surface area contributed by atoms with E-state index in [0.29, 0.717) is 25.7 Å². The van der Waals surface area contributed by atoms with Gasteiger partial charge in [-0.1, -0.05) is 251 Å². The number of esters is 3. The van der Waals surface area contributed by atoms with Gasteiger partial charge in [-0.15, -0.1) is 0 Å². The van der Waals surface area contributed by atoms with E-state index < -0.39 is 6.10 Å². The SMILES string of the molecule is CC/C=C\C/C=C\C/C=C\C/C=C\C/C=C\C/C=C\C/C=C\C/C=C\C/C=C\C/C=C\CCCCC(=O)OCC(COC(=O)CCCCCCCC)OC(=O)CCCCCCCCC/C=C\CCCCCCCC. The van der Waals surface area contributed by atoms with Crippen molar-refractivity contribution in [2.75, 3.05) is 13.2 Å². The lowest BCUT2D eigenvalue weighted by molar-refractivity contribution is -0.167. The van der Waals surface area contributed by atoms with E-state index in [9.17, 15) is 14.4 Å². The summed E-state index contributed by atoms with van der Waals surface area (Å²) in [4.78, 5) is 37.9. The highest BCUT2D eigenvalue weighted by Gasteiger charge is 2.19. The highest BCUT2D eigenvalue weighted by atomic mass is 16.6. The zero-order valence-corrected chi connectivity index (χ0v) is 47.8. The van der Waals surface area contributed by atoms with Gasteiger partial charge in [0.15, 0.2) is 6.10 Å². The Balaban J connectivity index is 4.23. The smallest absolute Gasteiger partial charge is 0.306 e. The van der Waals surface area contributed by atoms with Gasteiger partial charge in [-0.05, 0) is 122 Å². The van der Waals surface area contributed by atoms with Crippen molar-refractivity contribution in [3.05, 3.63) is 134 Å². The molecule has 0 aliphatic carbocycles. The molecule has 1 atom stereocenters. The van der Waals surface area contributed by atoms with E-state index in [4.69, 9.17) is 14.2 Å². The van der Waals surface area contributed by atoms with Gasteiger partial charge < -0.3 is 14.2 Å². The number of unbranched alkanes of at least 4 members (excludes halogenated alkanes) is 20. The number of carbonyl (C=O) groups is 3. The summed E-state index contributed by atoms with van der Waals surface area (Å²) in [5, 5.41) is 0. The predicted octanol–water partition coefficient (Wildman–Crippen LogP) is 20.6. The van der Waals surface area contributed by atoms with E-state index in [2.05, 4.69) is 154 Å². The van der Waals surface area contributed by atoms with Crippen LogP contribution in [0.25, 0.3) is 0 Å². The minimum atomic E-state index is -0.798. The molecule has 0 saturated heterocycles. The first kappa shape index (κ1) is 69.5. The van der Waals surface area contributed by atoms with Crippen molar-refractivity contribution >= 4 is 17.9 Å². The quantitative estimate of drug-likeness (QED) is 0.0261. The zero-order valence-electron chi connectivity index (χ0n) is 47.8. The predicted molar refractivity (Wildman–Crippen MR) is 320 cm³/mol. The van der Waals surface area contributed by atoms with Gasteiger partial charge in [-0.2, -0.15) is 0 Å². The minimum absolute atomic E-state index is 0.0961. The molecule has 1 unspecified atom stereocenters. The van der Waals surface area contributed by atoms with Gasteiger partial charge in [0.25, 0.3) is 0 Å². The Morgan fingerprint density at radius 1 is 0.284 bits per heavy atom. The van der Waals surface area contributed by atoms with Crippen molar-refractivity contribution in [3.63, 3.8) is 0 Å². The Bertz CT molecular complexity index is 1600. The van der Waals surface area contributed by atoms with Crippen LogP contribution in [0.5, 0.6) is 0 Å². The van der Waals surface area contributed by atoms with Crippen LogP contribution in [0.15, 0.2) is 134 Å². The third kappa shape index (κ3) is 58.4. The van der Waals surface area contributed by atoms with Crippen molar-refractivity contribution in [1.29, 1.82) is 0 Å². The molecule has 74 heavy (non-hydrogen) atoms. The number of carbonyl (C=O) groups excluding carboxylic acids is 3. The van der Waals surface area contributed by atoms with Crippen LogP contribution in [0.2, 0.25) is 0 Å². The maximum atomic E-state index is 12.8. The first-order valence-electron chi connectivity index (χ1n) is 30.2. The third-order valence-corrected chi connectivity index (χ3v) is 12.4. The van der Waals surface area contributed by atoms with Gasteiger partial charge in [0.2, 0.25) is 0 Å². The largest absolute Gasteiger partial charge is 0.462 e. The van der Waals surface area contributed by atoms with Gasteiger partial charge in [-0.25, -0.2) is 0 Å². The molecule has 0 N–H and O–H groups in total. The molecular formula is C68H110O6. The Hall–Kier alpha value is -4.45. The van der Waals surface area contributed by atoms with Crippen LogP contribution in [-0.4, -0.2) is 37.2 Å². The summed E-state index contributed by atoms with van der Waals surface area (Å²) in [6, 6.07) is 0. The van der Waals surface area contributed by atoms with Crippen molar-refractivity contribution in [2.24, 2.45) is 0 Å². The van der Waals surface area contributed by atoms with Gasteiger partial charge in [0.05, 0.1) is 0 Å². The normalized spacial score (nSPS) is 13.1. The Morgan fingerprint density at radius 2 is 0.527 bits per heavy atom. The highest BCUT2D eigenvalue weighted by molar-refractivity contribution is 5.71. The van der Waals surface area contributed by atoms with Crippen LogP contribution < -0.4 is 0 Å². The van der Waals surface area contributed by atoms with Crippen LogP contribution in [-0.2, 0) is 28.6 Å². The number of allylic oxidation sites excluding steroid dienone is 22. The first-order valence-corrected chi connectivity index (χ1v) is 30.2. The minimum Gasteiger partial charge on any atom is -0.462 e. The lowest BCUT2D eigenvalue weighted by Crippen LogP contribution is -2.30. The van der Waals surface area contributed by atoms with Crippen LogP contribution in [0.4, 0.5) is 0 Å². The van der Waals surface area contributed by atoms with Gasteiger partial charge in [-0.3, -0.25) is 14.4 Å². The first-order chi connectivity index (χ1) is 36.5. The molecule has 0 aliphatic rings. The molecule has 418 valence electrons. The topological polar surface area (TPSA) is 78.9 Å². The molecule has 0 bridgehead atoms. The molecule has 0 fully saturated rings. The van der Waals surface area contributed by atoms with Crippen LogP contribution >= 0.6 is 0 Å². The summed E-state index contributed by atoms with van der Waals surface area (Å²) < 4.78 is 16.7. The van der Waals surface area contributed by atoms with Crippen molar-refractivity contribution in [1.82, 2.24) is 0 Å². The molecule has 0 aromatic carbocycles. The Morgan fingerprint density at radius 3 is 0.865 bits per heavy atom. The van der Waals surface area contributed by atoms with E-state index >= 15 is 0 Å². The van der Waals surface area contributed by atoms with Crippen LogP contribution in [0, 0.1) is 0 Å². The molecule has 6 nitrogen and oxygen atoms in total. The van der Waals surface area contributed by atoms with Crippen molar-refractivity contribution in [2.45, 2.75) is 264 Å². The fourth-order valence-electron chi connectivity index (χ4n) is 7.88. The average Bonchev–Trinajstić information content (AvgIpc) is 3.40. The molecule has 0 spiro atoms. The van der Waals surface area contributed by atoms with E-state index in [1.54, 1.807) is 0 Å². The molecular weight excluding hydrogens is 913 g/mol. The molecule has 6 heteroatoms. The Labute approximate surface area is 455 Å².